The summed E-state index contributed by atoms with van der Waals surface area (Å²) in [5.74, 6) is 0.578. The number of nitrogens with two attached hydrogens (primary N) is 1. The number of furan rings is 1. The fraction of sp³-hybridized carbons (Fsp3) is 0.400. The fourth-order valence-corrected chi connectivity index (χ4v) is 2.03. The van der Waals surface area contributed by atoms with E-state index >= 15 is 0 Å². The van der Waals surface area contributed by atoms with E-state index in [0.717, 1.165) is 43.2 Å². The zero-order valence-corrected chi connectivity index (χ0v) is 10.5. The number of unbranched alkanes of at least 4 members (excludes halogenated alkanes) is 3. The van der Waals surface area contributed by atoms with E-state index in [0.29, 0.717) is 12.2 Å². The molecule has 0 aliphatic rings. The highest BCUT2D eigenvalue weighted by Gasteiger charge is 2.11. The summed E-state index contributed by atoms with van der Waals surface area (Å²) in [5, 5.41) is 0.990. The molecule has 0 unspecified atom stereocenters. The molecule has 2 aromatic rings. The molecule has 0 aliphatic heterocycles. The van der Waals surface area contributed by atoms with Crippen LogP contribution in [0.5, 0.6) is 0 Å². The Hall–Kier alpha value is -1.61. The summed E-state index contributed by atoms with van der Waals surface area (Å²) in [6, 6.07) is 9.52. The standard InChI is InChI=1S/C15H19NO2/c16-10-6-2-1-3-8-13(17)15-11-12-7-4-5-9-14(12)18-15/h4-5,7,9,11H,1-3,6,8,10,16H2. The van der Waals surface area contributed by atoms with Gasteiger partial charge < -0.3 is 10.2 Å². The number of rotatable bonds is 7. The van der Waals surface area contributed by atoms with Gasteiger partial charge in [-0.2, -0.15) is 0 Å². The molecule has 3 heteroatoms. The van der Waals surface area contributed by atoms with Gasteiger partial charge in [0, 0.05) is 11.8 Å². The number of Topliss-reactive ketones (excluding diaryl/α,β-unsaturated/α-hetero) is 1. The molecule has 0 aliphatic carbocycles. The van der Waals surface area contributed by atoms with E-state index in [1.54, 1.807) is 0 Å². The maximum atomic E-state index is 11.9. The van der Waals surface area contributed by atoms with Crippen LogP contribution in [0.1, 0.15) is 42.7 Å². The van der Waals surface area contributed by atoms with Crippen LogP contribution in [-0.2, 0) is 0 Å². The van der Waals surface area contributed by atoms with E-state index in [1.807, 2.05) is 30.3 Å². The van der Waals surface area contributed by atoms with Crippen molar-refractivity contribution in [2.75, 3.05) is 6.54 Å². The predicted octanol–water partition coefficient (Wildman–Crippen LogP) is 3.52. The minimum atomic E-state index is 0.0962. The zero-order chi connectivity index (χ0) is 12.8. The van der Waals surface area contributed by atoms with Crippen molar-refractivity contribution in [1.82, 2.24) is 0 Å². The molecule has 1 aromatic heterocycles. The van der Waals surface area contributed by atoms with Crippen LogP contribution in [0.25, 0.3) is 11.0 Å². The van der Waals surface area contributed by atoms with E-state index in [9.17, 15) is 4.79 Å². The number of carbonyl (C=O) groups is 1. The molecule has 0 spiro atoms. The van der Waals surface area contributed by atoms with Crippen molar-refractivity contribution in [3.63, 3.8) is 0 Å². The molecule has 0 saturated heterocycles. The average molecular weight is 245 g/mol. The third-order valence-electron chi connectivity index (χ3n) is 3.06. The quantitative estimate of drug-likeness (QED) is 0.599. The maximum Gasteiger partial charge on any atom is 0.198 e. The molecule has 0 amide bonds. The first-order valence-electron chi connectivity index (χ1n) is 6.53. The van der Waals surface area contributed by atoms with Crippen LogP contribution in [0, 0.1) is 0 Å². The molecular formula is C15H19NO2. The summed E-state index contributed by atoms with van der Waals surface area (Å²) in [6.45, 7) is 0.734. The lowest BCUT2D eigenvalue weighted by Gasteiger charge is -1.98. The Morgan fingerprint density at radius 2 is 1.89 bits per heavy atom. The number of para-hydroxylation sites is 1. The summed E-state index contributed by atoms with van der Waals surface area (Å²) in [7, 11) is 0. The molecule has 2 N–H and O–H groups in total. The van der Waals surface area contributed by atoms with Crippen LogP contribution in [0.3, 0.4) is 0 Å². The summed E-state index contributed by atoms with van der Waals surface area (Å²) < 4.78 is 5.54. The third kappa shape index (κ3) is 3.20. The Kier molecular flexibility index (Phi) is 4.53. The van der Waals surface area contributed by atoms with Crippen molar-refractivity contribution in [3.05, 3.63) is 36.1 Å². The first kappa shape index (κ1) is 12.8. The molecule has 3 nitrogen and oxygen atoms in total. The predicted molar refractivity (Wildman–Crippen MR) is 72.7 cm³/mol. The van der Waals surface area contributed by atoms with Gasteiger partial charge in [0.25, 0.3) is 0 Å². The van der Waals surface area contributed by atoms with Gasteiger partial charge in [-0.15, -0.1) is 0 Å². The number of ketones is 1. The van der Waals surface area contributed by atoms with Crippen LogP contribution in [-0.4, -0.2) is 12.3 Å². The molecule has 0 saturated carbocycles. The summed E-state index contributed by atoms with van der Waals surface area (Å²) in [5.41, 5.74) is 6.20. The lowest BCUT2D eigenvalue weighted by atomic mass is 10.1. The summed E-state index contributed by atoms with van der Waals surface area (Å²) in [6.07, 6.45) is 4.67. The first-order valence-corrected chi connectivity index (χ1v) is 6.53. The Morgan fingerprint density at radius 3 is 2.67 bits per heavy atom. The molecule has 96 valence electrons. The van der Waals surface area contributed by atoms with Crippen molar-refractivity contribution in [3.8, 4) is 0 Å². The molecule has 1 heterocycles. The molecule has 0 atom stereocenters. The Balaban J connectivity index is 1.88. The van der Waals surface area contributed by atoms with E-state index in [-0.39, 0.29) is 5.78 Å². The molecule has 18 heavy (non-hydrogen) atoms. The van der Waals surface area contributed by atoms with Crippen molar-refractivity contribution in [1.29, 1.82) is 0 Å². The first-order chi connectivity index (χ1) is 8.81. The highest BCUT2D eigenvalue weighted by Crippen LogP contribution is 2.20. The number of carbonyl (C=O) groups excluding carboxylic acids is 1. The van der Waals surface area contributed by atoms with Gasteiger partial charge in [0.05, 0.1) is 0 Å². The lowest BCUT2D eigenvalue weighted by molar-refractivity contribution is 0.0954. The minimum absolute atomic E-state index is 0.0962. The second-order valence-corrected chi connectivity index (χ2v) is 4.52. The van der Waals surface area contributed by atoms with Gasteiger partial charge in [0.1, 0.15) is 5.58 Å². The van der Waals surface area contributed by atoms with Crippen LogP contribution >= 0.6 is 0 Å². The zero-order valence-electron chi connectivity index (χ0n) is 10.5. The second kappa shape index (κ2) is 6.36. The van der Waals surface area contributed by atoms with E-state index < -0.39 is 0 Å². The highest BCUT2D eigenvalue weighted by molar-refractivity contribution is 5.97. The Morgan fingerprint density at radius 1 is 1.11 bits per heavy atom. The molecule has 0 bridgehead atoms. The highest BCUT2D eigenvalue weighted by atomic mass is 16.3. The summed E-state index contributed by atoms with van der Waals surface area (Å²) in [4.78, 5) is 11.9. The van der Waals surface area contributed by atoms with E-state index in [4.69, 9.17) is 10.2 Å². The molecule has 0 radical (unpaired) electrons. The normalized spacial score (nSPS) is 10.9. The monoisotopic (exact) mass is 245 g/mol. The van der Waals surface area contributed by atoms with Gasteiger partial charge in [-0.05, 0) is 31.5 Å². The number of hydrogen-bond donors (Lipinski definition) is 1. The van der Waals surface area contributed by atoms with Gasteiger partial charge in [0.2, 0.25) is 0 Å². The smallest absolute Gasteiger partial charge is 0.198 e. The molecule has 2 rings (SSSR count). The topological polar surface area (TPSA) is 56.2 Å². The average Bonchev–Trinajstić information content (AvgIpc) is 2.82. The maximum absolute atomic E-state index is 11.9. The third-order valence-corrected chi connectivity index (χ3v) is 3.06. The van der Waals surface area contributed by atoms with Crippen LogP contribution < -0.4 is 5.73 Å². The number of benzene rings is 1. The lowest BCUT2D eigenvalue weighted by Crippen LogP contribution is -1.99. The minimum Gasteiger partial charge on any atom is -0.453 e. The second-order valence-electron chi connectivity index (χ2n) is 4.52. The van der Waals surface area contributed by atoms with Gasteiger partial charge in [-0.3, -0.25) is 4.79 Å². The van der Waals surface area contributed by atoms with Crippen molar-refractivity contribution < 1.29 is 9.21 Å². The molecule has 0 fully saturated rings. The molecule has 1 aromatic carbocycles. The van der Waals surface area contributed by atoms with Crippen molar-refractivity contribution in [2.24, 2.45) is 5.73 Å². The number of fused-ring (bicyclic) bond motifs is 1. The van der Waals surface area contributed by atoms with Gasteiger partial charge in [0.15, 0.2) is 11.5 Å². The number of hydrogen-bond acceptors (Lipinski definition) is 3. The summed E-state index contributed by atoms with van der Waals surface area (Å²) >= 11 is 0. The van der Waals surface area contributed by atoms with Gasteiger partial charge in [-0.25, -0.2) is 0 Å². The Labute approximate surface area is 107 Å². The van der Waals surface area contributed by atoms with Crippen LogP contribution in [0.2, 0.25) is 0 Å². The van der Waals surface area contributed by atoms with E-state index in [2.05, 4.69) is 0 Å². The fourth-order valence-electron chi connectivity index (χ4n) is 2.03. The Bertz CT molecular complexity index is 483. The van der Waals surface area contributed by atoms with Crippen LogP contribution in [0.15, 0.2) is 34.7 Å². The molecular weight excluding hydrogens is 226 g/mol. The largest absolute Gasteiger partial charge is 0.453 e. The van der Waals surface area contributed by atoms with Gasteiger partial charge in [-0.1, -0.05) is 31.0 Å². The van der Waals surface area contributed by atoms with Crippen molar-refractivity contribution >= 4 is 16.8 Å². The van der Waals surface area contributed by atoms with Crippen LogP contribution in [0.4, 0.5) is 0 Å². The van der Waals surface area contributed by atoms with Crippen molar-refractivity contribution in [2.45, 2.75) is 32.1 Å². The van der Waals surface area contributed by atoms with Gasteiger partial charge >= 0.3 is 0 Å². The van der Waals surface area contributed by atoms with E-state index in [1.165, 1.54) is 0 Å². The SMILES string of the molecule is NCCCCCCC(=O)c1cc2ccccc2o1.